The molecule has 2 N–H and O–H groups in total. The summed E-state index contributed by atoms with van der Waals surface area (Å²) in [7, 11) is -3.71. The zero-order valence-corrected chi connectivity index (χ0v) is 10.1. The summed E-state index contributed by atoms with van der Waals surface area (Å²) in [6, 6.07) is 10.7. The van der Waals surface area contributed by atoms with Crippen LogP contribution >= 0.6 is 0 Å². The number of fused-ring (bicyclic) bond motifs is 2. The van der Waals surface area contributed by atoms with Gasteiger partial charge >= 0.3 is 0 Å². The third-order valence-electron chi connectivity index (χ3n) is 2.98. The van der Waals surface area contributed by atoms with E-state index in [0.717, 1.165) is 0 Å². The Balaban J connectivity index is 2.50. The molecule has 0 unspecified atom stereocenters. The van der Waals surface area contributed by atoms with Gasteiger partial charge in [-0.25, -0.2) is 8.42 Å². The molecule has 1 heterocycles. The number of nitrogen functional groups attached to an aromatic ring is 1. The van der Waals surface area contributed by atoms with Gasteiger partial charge in [0.15, 0.2) is 5.78 Å². The molecular weight excluding hydrogens is 250 g/mol. The van der Waals surface area contributed by atoms with Crippen molar-refractivity contribution in [3.8, 4) is 0 Å². The average molecular weight is 259 g/mol. The van der Waals surface area contributed by atoms with Gasteiger partial charge in [-0.15, -0.1) is 0 Å². The van der Waals surface area contributed by atoms with Crippen molar-refractivity contribution in [3.05, 3.63) is 53.6 Å². The van der Waals surface area contributed by atoms with Crippen LogP contribution in [0.2, 0.25) is 0 Å². The van der Waals surface area contributed by atoms with Crippen LogP contribution in [0.4, 0.5) is 5.69 Å². The summed E-state index contributed by atoms with van der Waals surface area (Å²) in [5, 5.41) is 0. The molecule has 3 rings (SSSR count). The predicted octanol–water partition coefficient (Wildman–Crippen LogP) is 1.65. The van der Waals surface area contributed by atoms with E-state index >= 15 is 0 Å². The molecular formula is C13H9NO3S. The molecule has 1 aliphatic heterocycles. The Morgan fingerprint density at radius 1 is 0.889 bits per heavy atom. The van der Waals surface area contributed by atoms with E-state index in [1.54, 1.807) is 18.2 Å². The van der Waals surface area contributed by atoms with Crippen molar-refractivity contribution in [3.63, 3.8) is 0 Å². The molecule has 2 aromatic rings. The molecule has 2 aromatic carbocycles. The number of nitrogens with two attached hydrogens (primary N) is 1. The fourth-order valence-electron chi connectivity index (χ4n) is 2.18. The molecule has 0 radical (unpaired) electrons. The van der Waals surface area contributed by atoms with Crippen molar-refractivity contribution in [2.45, 2.75) is 9.79 Å². The van der Waals surface area contributed by atoms with Gasteiger partial charge < -0.3 is 5.73 Å². The van der Waals surface area contributed by atoms with Crippen molar-refractivity contribution < 1.29 is 13.2 Å². The number of anilines is 1. The monoisotopic (exact) mass is 259 g/mol. The first kappa shape index (κ1) is 11.0. The van der Waals surface area contributed by atoms with E-state index in [1.165, 1.54) is 24.3 Å². The molecule has 0 spiro atoms. The molecule has 0 aliphatic carbocycles. The molecule has 0 saturated carbocycles. The Morgan fingerprint density at radius 2 is 1.56 bits per heavy atom. The summed E-state index contributed by atoms with van der Waals surface area (Å²) in [4.78, 5) is 12.2. The Hall–Kier alpha value is -2.14. The minimum absolute atomic E-state index is 0.0281. The molecule has 5 heteroatoms. The molecule has 0 saturated heterocycles. The molecule has 0 bridgehead atoms. The van der Waals surface area contributed by atoms with E-state index in [-0.39, 0.29) is 32.4 Å². The molecule has 0 atom stereocenters. The first-order valence-corrected chi connectivity index (χ1v) is 6.79. The average Bonchev–Trinajstić information content (AvgIpc) is 2.36. The third kappa shape index (κ3) is 1.25. The largest absolute Gasteiger partial charge is 0.398 e. The fraction of sp³-hybridized carbons (Fsp3) is 0. The maximum Gasteiger partial charge on any atom is 0.210 e. The second kappa shape index (κ2) is 3.43. The van der Waals surface area contributed by atoms with Gasteiger partial charge in [-0.3, -0.25) is 4.79 Å². The van der Waals surface area contributed by atoms with Crippen LogP contribution in [0.15, 0.2) is 52.3 Å². The van der Waals surface area contributed by atoms with Gasteiger partial charge in [-0.2, -0.15) is 0 Å². The number of carbonyl (C=O) groups excluding carboxylic acids is 1. The number of sulfone groups is 1. The van der Waals surface area contributed by atoms with E-state index < -0.39 is 9.84 Å². The number of ketones is 1. The van der Waals surface area contributed by atoms with Gasteiger partial charge in [0.05, 0.1) is 10.6 Å². The van der Waals surface area contributed by atoms with E-state index in [4.69, 9.17) is 5.73 Å². The van der Waals surface area contributed by atoms with E-state index in [9.17, 15) is 13.2 Å². The highest BCUT2D eigenvalue weighted by atomic mass is 32.2. The van der Waals surface area contributed by atoms with Gasteiger partial charge in [0, 0.05) is 11.1 Å². The summed E-state index contributed by atoms with van der Waals surface area (Å²) >= 11 is 0. The van der Waals surface area contributed by atoms with Crippen LogP contribution in [-0.4, -0.2) is 14.2 Å². The first-order valence-electron chi connectivity index (χ1n) is 5.31. The Labute approximate surface area is 104 Å². The zero-order valence-electron chi connectivity index (χ0n) is 9.25. The van der Waals surface area contributed by atoms with Crippen LogP contribution in [0.25, 0.3) is 0 Å². The summed E-state index contributed by atoms with van der Waals surface area (Å²) in [5.74, 6) is -0.303. The minimum Gasteiger partial charge on any atom is -0.398 e. The van der Waals surface area contributed by atoms with Crippen LogP contribution in [0.3, 0.4) is 0 Å². The first-order chi connectivity index (χ1) is 8.53. The van der Waals surface area contributed by atoms with E-state index in [2.05, 4.69) is 0 Å². The van der Waals surface area contributed by atoms with Crippen molar-refractivity contribution in [1.29, 1.82) is 0 Å². The van der Waals surface area contributed by atoms with Crippen molar-refractivity contribution in [2.24, 2.45) is 0 Å². The molecule has 18 heavy (non-hydrogen) atoms. The lowest BCUT2D eigenvalue weighted by Gasteiger charge is -2.19. The third-order valence-corrected chi connectivity index (χ3v) is 4.91. The number of benzene rings is 2. The zero-order chi connectivity index (χ0) is 12.9. The molecule has 0 amide bonds. The number of hydrogen-bond acceptors (Lipinski definition) is 4. The predicted molar refractivity (Wildman–Crippen MR) is 66.2 cm³/mol. The highest BCUT2D eigenvalue weighted by molar-refractivity contribution is 7.92. The van der Waals surface area contributed by atoms with Crippen molar-refractivity contribution in [1.82, 2.24) is 0 Å². The van der Waals surface area contributed by atoms with Crippen LogP contribution in [0, 0.1) is 0 Å². The normalized spacial score (nSPS) is 15.9. The van der Waals surface area contributed by atoms with Crippen LogP contribution < -0.4 is 5.73 Å². The molecule has 1 aliphatic rings. The van der Waals surface area contributed by atoms with Crippen LogP contribution in [0.1, 0.15) is 15.9 Å². The Bertz CT molecular complexity index is 779. The summed E-state index contributed by atoms with van der Waals surface area (Å²) in [6.07, 6.45) is 0. The van der Waals surface area contributed by atoms with E-state index in [1.807, 2.05) is 0 Å². The summed E-state index contributed by atoms with van der Waals surface area (Å²) < 4.78 is 24.9. The van der Waals surface area contributed by atoms with E-state index in [0.29, 0.717) is 0 Å². The summed E-state index contributed by atoms with van der Waals surface area (Å²) in [6.45, 7) is 0. The standard InChI is InChI=1S/C13H9NO3S/c14-10-6-3-5-9-12(15)8-4-1-2-7-11(8)18(16,17)13(9)10/h1-7H,14H2. The highest BCUT2D eigenvalue weighted by Crippen LogP contribution is 2.37. The quantitative estimate of drug-likeness (QED) is 0.623. The van der Waals surface area contributed by atoms with Gasteiger partial charge in [-0.05, 0) is 24.3 Å². The molecule has 0 fully saturated rings. The maximum absolute atomic E-state index is 12.4. The van der Waals surface area contributed by atoms with Crippen molar-refractivity contribution in [2.75, 3.05) is 5.73 Å². The van der Waals surface area contributed by atoms with Gasteiger partial charge in [-0.1, -0.05) is 18.2 Å². The number of carbonyl (C=O) groups is 1. The Morgan fingerprint density at radius 3 is 2.33 bits per heavy atom. The number of rotatable bonds is 0. The van der Waals surface area contributed by atoms with Crippen molar-refractivity contribution >= 4 is 21.3 Å². The van der Waals surface area contributed by atoms with Gasteiger partial charge in [0.25, 0.3) is 0 Å². The molecule has 4 nitrogen and oxygen atoms in total. The summed E-state index contributed by atoms with van der Waals surface area (Å²) in [5.41, 5.74) is 6.16. The smallest absolute Gasteiger partial charge is 0.210 e. The Kier molecular flexibility index (Phi) is 2.09. The second-order valence-corrected chi connectivity index (χ2v) is 5.91. The topological polar surface area (TPSA) is 77.2 Å². The lowest BCUT2D eigenvalue weighted by molar-refractivity contribution is 0.103. The maximum atomic E-state index is 12.4. The fourth-order valence-corrected chi connectivity index (χ4v) is 3.93. The molecule has 90 valence electrons. The second-order valence-electron chi connectivity index (χ2n) is 4.05. The molecule has 0 aromatic heterocycles. The SMILES string of the molecule is Nc1cccc2c1S(=O)(=O)c1ccccc1C2=O. The van der Waals surface area contributed by atoms with Gasteiger partial charge in [0.1, 0.15) is 4.90 Å². The number of hydrogen-bond donors (Lipinski definition) is 1. The van der Waals surface area contributed by atoms with Crippen LogP contribution in [-0.2, 0) is 9.84 Å². The lowest BCUT2D eigenvalue weighted by atomic mass is 10.0. The minimum atomic E-state index is -3.71. The van der Waals surface area contributed by atoms with Gasteiger partial charge in [0.2, 0.25) is 9.84 Å². The highest BCUT2D eigenvalue weighted by Gasteiger charge is 2.35. The lowest BCUT2D eigenvalue weighted by Crippen LogP contribution is -2.21. The van der Waals surface area contributed by atoms with Crippen LogP contribution in [0.5, 0.6) is 0 Å².